The monoisotopic (exact) mass is 732 g/mol. The van der Waals surface area contributed by atoms with E-state index in [9.17, 15) is 13.6 Å². The van der Waals surface area contributed by atoms with Gasteiger partial charge in [0.05, 0.1) is 12.2 Å². The Labute approximate surface area is 313 Å². The number of hydrogen-bond acceptors (Lipinski definition) is 7. The fourth-order valence-corrected chi connectivity index (χ4v) is 5.53. The molecular formula is C42H55F3N6O2. The number of nitrogens with zero attached hydrogens (tertiary/aromatic N) is 2. The van der Waals surface area contributed by atoms with Gasteiger partial charge < -0.3 is 20.7 Å². The van der Waals surface area contributed by atoms with Gasteiger partial charge in [-0.2, -0.15) is 0 Å². The number of amides is 1. The second-order valence-corrected chi connectivity index (χ2v) is 12.6. The molecule has 0 radical (unpaired) electrons. The lowest BCUT2D eigenvalue weighted by atomic mass is 9.97. The molecule has 2 unspecified atom stereocenters. The minimum absolute atomic E-state index is 0.0333. The van der Waals surface area contributed by atoms with E-state index in [1.165, 1.54) is 12.3 Å². The Hall–Kier alpha value is -4.90. The van der Waals surface area contributed by atoms with Crippen molar-refractivity contribution in [1.29, 1.82) is 0 Å². The Morgan fingerprint density at radius 1 is 1.06 bits per heavy atom. The summed E-state index contributed by atoms with van der Waals surface area (Å²) < 4.78 is 49.5. The summed E-state index contributed by atoms with van der Waals surface area (Å²) in [6.07, 6.45) is 11.5. The van der Waals surface area contributed by atoms with Crippen LogP contribution < -0.4 is 21.3 Å². The van der Waals surface area contributed by atoms with Crippen molar-refractivity contribution < 1.29 is 22.7 Å². The van der Waals surface area contributed by atoms with Crippen LogP contribution in [0, 0.1) is 5.82 Å². The van der Waals surface area contributed by atoms with Crippen LogP contribution in [-0.4, -0.2) is 47.7 Å². The van der Waals surface area contributed by atoms with Gasteiger partial charge in [-0.3, -0.25) is 10.1 Å². The lowest BCUT2D eigenvalue weighted by Crippen LogP contribution is -2.43. The van der Waals surface area contributed by atoms with Gasteiger partial charge in [0.15, 0.2) is 12.1 Å². The van der Waals surface area contributed by atoms with Crippen molar-refractivity contribution in [2.75, 3.05) is 18.9 Å². The molecule has 0 spiro atoms. The van der Waals surface area contributed by atoms with Crippen molar-refractivity contribution in [3.05, 3.63) is 126 Å². The average molecular weight is 733 g/mol. The minimum Gasteiger partial charge on any atom is -0.457 e. The van der Waals surface area contributed by atoms with E-state index < -0.39 is 36.5 Å². The Balaban J connectivity index is 0.00000372. The number of para-hydroxylation sites is 1. The van der Waals surface area contributed by atoms with Gasteiger partial charge >= 0.3 is 0 Å². The molecule has 53 heavy (non-hydrogen) atoms. The summed E-state index contributed by atoms with van der Waals surface area (Å²) in [7, 11) is 1.69. The van der Waals surface area contributed by atoms with E-state index in [1.807, 2.05) is 71.0 Å². The first-order chi connectivity index (χ1) is 25.5. The number of halogens is 3. The molecule has 0 aliphatic heterocycles. The molecule has 11 heteroatoms. The maximum absolute atomic E-state index is 15.3. The van der Waals surface area contributed by atoms with Crippen LogP contribution in [0.2, 0.25) is 0 Å². The summed E-state index contributed by atoms with van der Waals surface area (Å²) in [5, 5.41) is 11.9. The predicted octanol–water partition coefficient (Wildman–Crippen LogP) is 9.32. The highest BCUT2D eigenvalue weighted by Crippen LogP contribution is 2.38. The Morgan fingerprint density at radius 3 is 2.30 bits per heavy atom. The number of nitrogens with one attached hydrogen (secondary N) is 4. The molecule has 286 valence electrons. The quantitative estimate of drug-likeness (QED) is 0.0554. The number of likely N-dealkylation sites (N-methyl/N-ethyl adjacent to an activating group) is 1. The number of anilines is 1. The van der Waals surface area contributed by atoms with E-state index in [-0.39, 0.29) is 11.6 Å². The maximum atomic E-state index is 15.3. The number of benzene rings is 2. The first kappa shape index (κ1) is 42.5. The minimum atomic E-state index is -2.95. The van der Waals surface area contributed by atoms with E-state index >= 15 is 4.39 Å². The van der Waals surface area contributed by atoms with E-state index in [0.29, 0.717) is 53.0 Å². The molecule has 2 aromatic carbocycles. The average Bonchev–Trinajstić information content (AvgIpc) is 4.01. The zero-order valence-electron chi connectivity index (χ0n) is 32.0. The van der Waals surface area contributed by atoms with E-state index in [1.54, 1.807) is 37.7 Å². The fourth-order valence-electron chi connectivity index (χ4n) is 5.53. The lowest BCUT2D eigenvalue weighted by Gasteiger charge is -2.28. The van der Waals surface area contributed by atoms with Crippen LogP contribution in [0.1, 0.15) is 102 Å². The topological polar surface area (TPSA) is 100 Å². The molecule has 1 amide bonds. The van der Waals surface area contributed by atoms with Gasteiger partial charge in [0, 0.05) is 48.1 Å². The highest BCUT2D eigenvalue weighted by Gasteiger charge is 2.28. The molecule has 1 aromatic heterocycles. The second kappa shape index (κ2) is 21.0. The SMILES string of the molecule is C=C(c1ccccc1)c1cccc(F)c1NC(=O)C(CCC)N/C(=C\CC)OC(NC)C(=C/NCC(C)(F)F)/C(=C/C)c1cnc(C2CC2)nc1.CC. The van der Waals surface area contributed by atoms with Gasteiger partial charge in [0.25, 0.3) is 5.92 Å². The van der Waals surface area contributed by atoms with E-state index in [4.69, 9.17) is 4.74 Å². The van der Waals surface area contributed by atoms with Crippen molar-refractivity contribution in [3.63, 3.8) is 0 Å². The molecule has 0 bridgehead atoms. The van der Waals surface area contributed by atoms with Crippen molar-refractivity contribution in [3.8, 4) is 0 Å². The van der Waals surface area contributed by atoms with Crippen LogP contribution in [0.5, 0.6) is 0 Å². The number of allylic oxidation sites excluding steroid dienone is 2. The van der Waals surface area contributed by atoms with Crippen LogP contribution in [0.15, 0.2) is 97.3 Å². The van der Waals surface area contributed by atoms with E-state index in [2.05, 4.69) is 37.8 Å². The summed E-state index contributed by atoms with van der Waals surface area (Å²) in [6, 6.07) is 13.2. The summed E-state index contributed by atoms with van der Waals surface area (Å²) in [5.74, 6) is -2.55. The van der Waals surface area contributed by atoms with Gasteiger partial charge in [0.2, 0.25) is 5.91 Å². The van der Waals surface area contributed by atoms with Crippen LogP contribution in [-0.2, 0) is 9.53 Å². The first-order valence-corrected chi connectivity index (χ1v) is 18.4. The van der Waals surface area contributed by atoms with Gasteiger partial charge in [-0.05, 0) is 68.5 Å². The highest BCUT2D eigenvalue weighted by molar-refractivity contribution is 5.99. The summed E-state index contributed by atoms with van der Waals surface area (Å²) in [4.78, 5) is 23.0. The molecular weight excluding hydrogens is 677 g/mol. The van der Waals surface area contributed by atoms with E-state index in [0.717, 1.165) is 31.2 Å². The largest absolute Gasteiger partial charge is 0.457 e. The second-order valence-electron chi connectivity index (χ2n) is 12.6. The van der Waals surface area contributed by atoms with Crippen LogP contribution in [0.4, 0.5) is 18.9 Å². The van der Waals surface area contributed by atoms with Gasteiger partial charge in [-0.15, -0.1) is 0 Å². The first-order valence-electron chi connectivity index (χ1n) is 18.4. The zero-order valence-corrected chi connectivity index (χ0v) is 32.0. The third kappa shape index (κ3) is 12.6. The third-order valence-corrected chi connectivity index (χ3v) is 8.29. The molecule has 2 atom stereocenters. The number of alkyl halides is 2. The fraction of sp³-hybridized carbons (Fsp3) is 0.405. The van der Waals surface area contributed by atoms with Crippen molar-refractivity contribution in [1.82, 2.24) is 25.9 Å². The predicted molar refractivity (Wildman–Crippen MR) is 209 cm³/mol. The van der Waals surface area contributed by atoms with Crippen molar-refractivity contribution >= 4 is 22.7 Å². The Bertz CT molecular complexity index is 1710. The lowest BCUT2D eigenvalue weighted by molar-refractivity contribution is -0.118. The molecule has 1 saturated carbocycles. The standard InChI is InChI=1S/C40H49F3N6O2.C2H6/c1-7-14-34(38(50)49-36-31(18-13-19-33(36)41)26(4)27-16-11-10-12-17-27)48-35(15-8-2)51-39(44-6)32(24-45-25-40(5,42)43)30(9-3)29-22-46-37(47-23-29)28-20-21-28;1-2/h9-13,15-19,22-24,28,34,39,44-45,48H,4,7-8,14,20-21,25H2,1-3,5-6H3,(H,49,50);1-2H3/b30-9+,32-24+,35-15+;. The number of carbonyl (C=O) groups excluding carboxylic acids is 1. The van der Waals surface area contributed by atoms with Gasteiger partial charge in [-0.25, -0.2) is 23.1 Å². The van der Waals surface area contributed by atoms with Gasteiger partial charge in [0.1, 0.15) is 17.7 Å². The zero-order chi connectivity index (χ0) is 39.0. The highest BCUT2D eigenvalue weighted by atomic mass is 19.3. The maximum Gasteiger partial charge on any atom is 0.262 e. The smallest absolute Gasteiger partial charge is 0.262 e. The number of aromatic nitrogens is 2. The summed E-state index contributed by atoms with van der Waals surface area (Å²) in [5.41, 5.74) is 3.75. The molecule has 8 nitrogen and oxygen atoms in total. The molecule has 1 aliphatic carbocycles. The van der Waals surface area contributed by atoms with Crippen molar-refractivity contribution in [2.45, 2.75) is 97.8 Å². The number of carbonyl (C=O) groups is 1. The molecule has 1 heterocycles. The van der Waals surface area contributed by atoms with Crippen LogP contribution in [0.3, 0.4) is 0 Å². The van der Waals surface area contributed by atoms with Crippen LogP contribution >= 0.6 is 0 Å². The molecule has 4 rings (SSSR count). The number of ether oxygens (including phenoxy) is 1. The molecule has 3 aromatic rings. The van der Waals surface area contributed by atoms with Crippen LogP contribution in [0.25, 0.3) is 11.1 Å². The normalized spacial score (nSPS) is 14.7. The Kier molecular flexibility index (Phi) is 16.8. The molecule has 1 fully saturated rings. The molecule has 4 N–H and O–H groups in total. The third-order valence-electron chi connectivity index (χ3n) is 8.29. The molecule has 0 saturated heterocycles. The van der Waals surface area contributed by atoms with Crippen molar-refractivity contribution in [2.24, 2.45) is 0 Å². The summed E-state index contributed by atoms with van der Waals surface area (Å²) >= 11 is 0. The molecule has 1 aliphatic rings. The van der Waals surface area contributed by atoms with Gasteiger partial charge in [-0.1, -0.05) is 89.2 Å². The summed E-state index contributed by atoms with van der Waals surface area (Å²) in [6.45, 7) is 14.1. The number of rotatable bonds is 19. The Morgan fingerprint density at radius 2 is 1.74 bits per heavy atom. The number of hydrogen-bond donors (Lipinski definition) is 4.